The van der Waals surface area contributed by atoms with Crippen LogP contribution < -0.4 is 19.9 Å². The largest absolute Gasteiger partial charge is 0.496 e. The first-order valence-corrected chi connectivity index (χ1v) is 9.62. The lowest BCUT2D eigenvalue weighted by molar-refractivity contribution is 0.0284. The second-order valence-electron chi connectivity index (χ2n) is 5.69. The van der Waals surface area contributed by atoms with E-state index in [-0.39, 0.29) is 4.90 Å². The Kier molecular flexibility index (Phi) is 7.02. The van der Waals surface area contributed by atoms with Crippen molar-refractivity contribution >= 4 is 22.3 Å². The zero-order valence-corrected chi connectivity index (χ0v) is 17.2. The molecule has 11 heteroatoms. The summed E-state index contributed by atoms with van der Waals surface area (Å²) in [5, 5.41) is 11.8. The van der Waals surface area contributed by atoms with Gasteiger partial charge < -0.3 is 19.9 Å². The van der Waals surface area contributed by atoms with Gasteiger partial charge in [0.1, 0.15) is 17.2 Å². The maximum atomic E-state index is 12.4. The summed E-state index contributed by atoms with van der Waals surface area (Å²) in [6.45, 7) is 1.82. The monoisotopic (exact) mass is 422 g/mol. The number of nitrogens with zero attached hydrogens (tertiary/aromatic N) is 2. The number of nitrogens with one attached hydrogen (secondary N) is 1. The topological polar surface area (TPSA) is 137 Å². The second-order valence-corrected chi connectivity index (χ2v) is 7.22. The third-order valence-electron chi connectivity index (χ3n) is 3.73. The predicted molar refractivity (Wildman–Crippen MR) is 107 cm³/mol. The van der Waals surface area contributed by atoms with Crippen LogP contribution in [0.15, 0.2) is 46.4 Å². The average molecular weight is 422 g/mol. The smallest absolute Gasteiger partial charge is 0.319 e. The molecule has 0 amide bonds. The maximum absolute atomic E-state index is 12.4. The van der Waals surface area contributed by atoms with Crippen LogP contribution in [0.2, 0.25) is 0 Å². The first-order chi connectivity index (χ1) is 13.7. The Hall–Kier alpha value is -3.31. The number of aryl methyl sites for hydroxylation is 1. The minimum Gasteiger partial charge on any atom is -0.496 e. The molecular weight excluding hydrogens is 400 g/mol. The van der Waals surface area contributed by atoms with E-state index in [0.717, 1.165) is 5.56 Å². The van der Waals surface area contributed by atoms with Crippen LogP contribution in [0.3, 0.4) is 0 Å². The lowest BCUT2D eigenvalue weighted by atomic mass is 10.2. The third-order valence-corrected chi connectivity index (χ3v) is 4.92. The van der Waals surface area contributed by atoms with Gasteiger partial charge in [0.15, 0.2) is 0 Å². The van der Waals surface area contributed by atoms with Crippen molar-refractivity contribution in [3.05, 3.63) is 47.5 Å². The summed E-state index contributed by atoms with van der Waals surface area (Å²) in [6.07, 6.45) is 1.20. The average Bonchev–Trinajstić information content (AvgIpc) is 2.70. The molecule has 0 aliphatic carbocycles. The number of methoxy groups -OCH3 is 3. The standard InChI is InChI=1S/C18H22N4O6S/c1-12-5-7-14(8-6-12)29(23,24)28-22(18(19)20)21-11-15-16(26-3)9-13(25-2)10-17(15)27-4/h5-11H,1-4H3,(H3,19,20). The normalized spacial score (nSPS) is 11.3. The van der Waals surface area contributed by atoms with E-state index in [1.807, 2.05) is 6.92 Å². The Bertz CT molecular complexity index is 981. The van der Waals surface area contributed by atoms with E-state index in [9.17, 15) is 8.42 Å². The van der Waals surface area contributed by atoms with E-state index >= 15 is 0 Å². The summed E-state index contributed by atoms with van der Waals surface area (Å²) in [4.78, 5) is -0.107. The molecule has 0 aliphatic rings. The molecule has 29 heavy (non-hydrogen) atoms. The lowest BCUT2D eigenvalue weighted by Gasteiger charge is -2.16. The van der Waals surface area contributed by atoms with E-state index in [2.05, 4.69) is 5.10 Å². The molecule has 0 unspecified atom stereocenters. The van der Waals surface area contributed by atoms with Crippen LogP contribution in [0.5, 0.6) is 17.2 Å². The van der Waals surface area contributed by atoms with E-state index in [1.54, 1.807) is 24.3 Å². The van der Waals surface area contributed by atoms with Gasteiger partial charge in [0, 0.05) is 12.1 Å². The molecule has 0 saturated heterocycles. The van der Waals surface area contributed by atoms with Crippen LogP contribution in [0.1, 0.15) is 11.1 Å². The number of hydroxylamine groups is 1. The van der Waals surface area contributed by atoms with Gasteiger partial charge in [0.2, 0.25) is 5.96 Å². The van der Waals surface area contributed by atoms with Crippen LogP contribution in [0.4, 0.5) is 0 Å². The highest BCUT2D eigenvalue weighted by Crippen LogP contribution is 2.32. The van der Waals surface area contributed by atoms with Gasteiger partial charge in [-0.15, -0.1) is 9.39 Å². The van der Waals surface area contributed by atoms with Gasteiger partial charge in [-0.3, -0.25) is 5.41 Å². The SMILES string of the molecule is COc1cc(OC)c(C=NN(OS(=O)(=O)c2ccc(C)cc2)C(=N)N)c(OC)c1. The summed E-state index contributed by atoms with van der Waals surface area (Å²) >= 11 is 0. The first kappa shape index (κ1) is 22.0. The molecular formula is C18H22N4O6S. The minimum absolute atomic E-state index is 0.107. The van der Waals surface area contributed by atoms with Crippen molar-refractivity contribution in [2.75, 3.05) is 21.3 Å². The molecule has 2 aromatic carbocycles. The molecule has 0 bridgehead atoms. The number of guanidine groups is 1. The van der Waals surface area contributed by atoms with E-state index < -0.39 is 16.1 Å². The summed E-state index contributed by atoms with van der Waals surface area (Å²) in [7, 11) is 0.105. The van der Waals surface area contributed by atoms with Gasteiger partial charge in [-0.2, -0.15) is 8.42 Å². The molecule has 156 valence electrons. The quantitative estimate of drug-likeness (QED) is 0.374. The van der Waals surface area contributed by atoms with Gasteiger partial charge in [-0.05, 0) is 19.1 Å². The molecule has 0 radical (unpaired) electrons. The van der Waals surface area contributed by atoms with E-state index in [4.69, 9.17) is 29.6 Å². The minimum atomic E-state index is -4.26. The van der Waals surface area contributed by atoms with Gasteiger partial charge in [-0.25, -0.2) is 0 Å². The summed E-state index contributed by atoms with van der Waals surface area (Å²) < 4.78 is 45.5. The Morgan fingerprint density at radius 3 is 2.07 bits per heavy atom. The third kappa shape index (κ3) is 5.36. The molecule has 0 aliphatic heterocycles. The number of hydrazone groups is 1. The molecule has 0 atom stereocenters. The highest BCUT2D eigenvalue weighted by molar-refractivity contribution is 7.86. The number of ether oxygens (including phenoxy) is 3. The highest BCUT2D eigenvalue weighted by atomic mass is 32.2. The summed E-state index contributed by atoms with van der Waals surface area (Å²) in [5.74, 6) is 0.422. The van der Waals surface area contributed by atoms with Gasteiger partial charge in [-0.1, -0.05) is 22.9 Å². The summed E-state index contributed by atoms with van der Waals surface area (Å²) in [5.41, 5.74) is 6.66. The molecule has 0 saturated carbocycles. The van der Waals surface area contributed by atoms with Crippen LogP contribution in [-0.2, 0) is 14.4 Å². The fourth-order valence-electron chi connectivity index (χ4n) is 2.23. The van der Waals surface area contributed by atoms with E-state index in [0.29, 0.717) is 28.0 Å². The van der Waals surface area contributed by atoms with Crippen LogP contribution in [-0.4, -0.2) is 47.1 Å². The molecule has 0 spiro atoms. The molecule has 2 rings (SSSR count). The van der Waals surface area contributed by atoms with Crippen molar-refractivity contribution in [2.45, 2.75) is 11.8 Å². The predicted octanol–water partition coefficient (Wildman–Crippen LogP) is 1.87. The lowest BCUT2D eigenvalue weighted by Crippen LogP contribution is -2.34. The number of nitrogens with two attached hydrogens (primary N) is 1. The molecule has 0 heterocycles. The highest BCUT2D eigenvalue weighted by Gasteiger charge is 2.22. The molecule has 0 fully saturated rings. The van der Waals surface area contributed by atoms with Crippen molar-refractivity contribution in [2.24, 2.45) is 10.8 Å². The first-order valence-electron chi connectivity index (χ1n) is 8.21. The van der Waals surface area contributed by atoms with Gasteiger partial charge in [0.05, 0.1) is 38.0 Å². The van der Waals surface area contributed by atoms with Crippen molar-refractivity contribution < 1.29 is 26.9 Å². The fraction of sp³-hybridized carbons (Fsp3) is 0.222. The van der Waals surface area contributed by atoms with Crippen LogP contribution in [0.25, 0.3) is 0 Å². The molecule has 2 aromatic rings. The molecule has 3 N–H and O–H groups in total. The van der Waals surface area contributed by atoms with Crippen molar-refractivity contribution in [1.82, 2.24) is 5.17 Å². The zero-order valence-electron chi connectivity index (χ0n) is 16.4. The molecule has 10 nitrogen and oxygen atoms in total. The number of rotatable bonds is 8. The Labute approximate surface area is 169 Å². The Morgan fingerprint density at radius 1 is 1.07 bits per heavy atom. The number of benzene rings is 2. The van der Waals surface area contributed by atoms with Crippen molar-refractivity contribution in [3.63, 3.8) is 0 Å². The maximum Gasteiger partial charge on any atom is 0.319 e. The number of hydrogen-bond donors (Lipinski definition) is 2. The summed E-state index contributed by atoms with van der Waals surface area (Å²) in [6, 6.07) is 9.16. The zero-order chi connectivity index (χ0) is 21.6. The number of hydrogen-bond acceptors (Lipinski definition) is 8. The second kappa shape index (κ2) is 9.26. The van der Waals surface area contributed by atoms with Crippen LogP contribution >= 0.6 is 0 Å². The fourth-order valence-corrected chi connectivity index (χ4v) is 3.09. The van der Waals surface area contributed by atoms with E-state index in [1.165, 1.54) is 39.7 Å². The van der Waals surface area contributed by atoms with Crippen LogP contribution in [0, 0.1) is 12.3 Å². The van der Waals surface area contributed by atoms with Gasteiger partial charge in [0.25, 0.3) is 0 Å². The van der Waals surface area contributed by atoms with Crippen molar-refractivity contribution in [1.29, 1.82) is 5.41 Å². The van der Waals surface area contributed by atoms with Crippen molar-refractivity contribution in [3.8, 4) is 17.2 Å². The molecule has 0 aromatic heterocycles. The Balaban J connectivity index is 2.37. The van der Waals surface area contributed by atoms with Gasteiger partial charge >= 0.3 is 10.1 Å². The Morgan fingerprint density at radius 2 is 1.62 bits per heavy atom.